The number of amides is 1. The molecule has 0 aliphatic carbocycles. The molecule has 1 amide bonds. The quantitative estimate of drug-likeness (QED) is 0.626. The van der Waals surface area contributed by atoms with Gasteiger partial charge >= 0.3 is 6.09 Å². The van der Waals surface area contributed by atoms with Crippen LogP contribution in [0.2, 0.25) is 0 Å². The van der Waals surface area contributed by atoms with Crippen molar-refractivity contribution in [2.24, 2.45) is 0 Å². The molecule has 2 heterocycles. The fourth-order valence-corrected chi connectivity index (χ4v) is 2.16. The molecule has 5 heteroatoms. The van der Waals surface area contributed by atoms with Crippen molar-refractivity contribution in [2.45, 2.75) is 44.4 Å². The van der Waals surface area contributed by atoms with Crippen LogP contribution in [0.4, 0.5) is 4.79 Å². The van der Waals surface area contributed by atoms with Gasteiger partial charge in [0.2, 0.25) is 0 Å². The summed E-state index contributed by atoms with van der Waals surface area (Å²) >= 11 is 0. The first-order valence-electron chi connectivity index (χ1n) is 5.45. The number of carbonyl (C=O) groups excluding carboxylic acids is 2. The third-order valence-electron chi connectivity index (χ3n) is 2.87. The highest BCUT2D eigenvalue weighted by molar-refractivity contribution is 5.73. The Morgan fingerprint density at radius 2 is 2.25 bits per heavy atom. The van der Waals surface area contributed by atoms with Gasteiger partial charge in [-0.3, -0.25) is 4.90 Å². The number of ether oxygens (including phenoxy) is 2. The van der Waals surface area contributed by atoms with Crippen molar-refractivity contribution in [2.75, 3.05) is 13.2 Å². The summed E-state index contributed by atoms with van der Waals surface area (Å²) in [6.07, 6.45) is 1.04. The van der Waals surface area contributed by atoms with E-state index in [9.17, 15) is 9.59 Å². The van der Waals surface area contributed by atoms with E-state index in [0.29, 0.717) is 19.6 Å². The zero-order valence-corrected chi connectivity index (χ0v) is 9.86. The van der Waals surface area contributed by atoms with Gasteiger partial charge in [-0.05, 0) is 20.8 Å². The molecule has 90 valence electrons. The SMILES string of the molecule is CC(C)(C)OC(=O)N1C[C@@]2(C=O)C[C@@H]1CO2. The third kappa shape index (κ3) is 1.91. The molecular weight excluding hydrogens is 210 g/mol. The Hall–Kier alpha value is -1.10. The van der Waals surface area contributed by atoms with Crippen LogP contribution < -0.4 is 0 Å². The summed E-state index contributed by atoms with van der Waals surface area (Å²) in [7, 11) is 0. The third-order valence-corrected chi connectivity index (χ3v) is 2.87. The van der Waals surface area contributed by atoms with Gasteiger partial charge < -0.3 is 14.3 Å². The molecule has 2 fully saturated rings. The van der Waals surface area contributed by atoms with Crippen molar-refractivity contribution in [3.8, 4) is 0 Å². The maximum absolute atomic E-state index is 11.8. The minimum absolute atomic E-state index is 0.0138. The Morgan fingerprint density at radius 3 is 2.75 bits per heavy atom. The zero-order valence-electron chi connectivity index (χ0n) is 9.86. The fourth-order valence-electron chi connectivity index (χ4n) is 2.16. The molecule has 0 aromatic rings. The van der Waals surface area contributed by atoms with E-state index in [4.69, 9.17) is 9.47 Å². The molecule has 0 aromatic carbocycles. The van der Waals surface area contributed by atoms with E-state index in [1.165, 1.54) is 0 Å². The molecule has 0 saturated carbocycles. The average Bonchev–Trinajstić information content (AvgIpc) is 2.72. The lowest BCUT2D eigenvalue weighted by atomic mass is 10.1. The van der Waals surface area contributed by atoms with Crippen molar-refractivity contribution in [1.82, 2.24) is 4.90 Å². The summed E-state index contributed by atoms with van der Waals surface area (Å²) in [6, 6.07) is -0.0138. The van der Waals surface area contributed by atoms with E-state index < -0.39 is 11.2 Å². The van der Waals surface area contributed by atoms with Crippen LogP contribution in [0.25, 0.3) is 0 Å². The molecule has 5 nitrogen and oxygen atoms in total. The molecular formula is C11H17NO4. The topological polar surface area (TPSA) is 55.8 Å². The second kappa shape index (κ2) is 3.45. The van der Waals surface area contributed by atoms with E-state index >= 15 is 0 Å². The highest BCUT2D eigenvalue weighted by atomic mass is 16.6. The van der Waals surface area contributed by atoms with Crippen molar-refractivity contribution in [3.05, 3.63) is 0 Å². The zero-order chi connectivity index (χ0) is 12.0. The first-order chi connectivity index (χ1) is 7.35. The molecule has 2 saturated heterocycles. The number of likely N-dealkylation sites (tertiary alicyclic amines) is 1. The Kier molecular flexibility index (Phi) is 2.45. The molecule has 2 aliphatic rings. The number of carbonyl (C=O) groups is 2. The van der Waals surface area contributed by atoms with E-state index in [-0.39, 0.29) is 12.1 Å². The molecule has 0 aromatic heterocycles. The van der Waals surface area contributed by atoms with Gasteiger partial charge in [-0.2, -0.15) is 0 Å². The van der Waals surface area contributed by atoms with Crippen molar-refractivity contribution in [1.29, 1.82) is 0 Å². The van der Waals surface area contributed by atoms with Gasteiger partial charge in [0.1, 0.15) is 11.2 Å². The first-order valence-corrected chi connectivity index (χ1v) is 5.45. The van der Waals surface area contributed by atoms with Crippen LogP contribution in [-0.4, -0.2) is 47.7 Å². The van der Waals surface area contributed by atoms with Gasteiger partial charge in [0.25, 0.3) is 0 Å². The Morgan fingerprint density at radius 1 is 1.56 bits per heavy atom. The maximum Gasteiger partial charge on any atom is 0.410 e. The molecule has 0 spiro atoms. The predicted molar refractivity (Wildman–Crippen MR) is 56.1 cm³/mol. The fraction of sp³-hybridized carbons (Fsp3) is 0.818. The molecule has 0 radical (unpaired) electrons. The summed E-state index contributed by atoms with van der Waals surface area (Å²) in [6.45, 7) is 6.22. The van der Waals surface area contributed by atoms with E-state index in [1.807, 2.05) is 20.8 Å². The Labute approximate surface area is 94.7 Å². The smallest absolute Gasteiger partial charge is 0.410 e. The molecule has 2 rings (SSSR count). The van der Waals surface area contributed by atoms with E-state index in [2.05, 4.69) is 0 Å². The standard InChI is InChI=1S/C11H17NO4/c1-10(2,3)16-9(14)12-6-11(7-13)4-8(12)5-15-11/h7-8H,4-6H2,1-3H3/t8-,11-/m1/s1. The minimum atomic E-state index is -0.776. The number of morpholine rings is 1. The van der Waals surface area contributed by atoms with Gasteiger partial charge in [0.05, 0.1) is 19.2 Å². The lowest BCUT2D eigenvalue weighted by molar-refractivity contribution is -0.128. The Balaban J connectivity index is 2.03. The molecule has 16 heavy (non-hydrogen) atoms. The van der Waals surface area contributed by atoms with Gasteiger partial charge in [0.15, 0.2) is 6.29 Å². The van der Waals surface area contributed by atoms with E-state index in [1.54, 1.807) is 4.90 Å². The summed E-state index contributed by atoms with van der Waals surface area (Å²) < 4.78 is 10.7. The second-order valence-electron chi connectivity index (χ2n) is 5.46. The van der Waals surface area contributed by atoms with Crippen LogP contribution in [0.5, 0.6) is 0 Å². The number of hydrogen-bond acceptors (Lipinski definition) is 4. The minimum Gasteiger partial charge on any atom is -0.444 e. The number of nitrogens with zero attached hydrogens (tertiary/aromatic N) is 1. The number of aldehydes is 1. The van der Waals surface area contributed by atoms with E-state index in [0.717, 1.165) is 6.29 Å². The van der Waals surface area contributed by atoms with Gasteiger partial charge in [-0.15, -0.1) is 0 Å². The van der Waals surface area contributed by atoms with Crippen LogP contribution in [0.3, 0.4) is 0 Å². The lowest BCUT2D eigenvalue weighted by Crippen LogP contribution is -2.48. The summed E-state index contributed by atoms with van der Waals surface area (Å²) in [5, 5.41) is 0. The normalized spacial score (nSPS) is 32.9. The lowest BCUT2D eigenvalue weighted by Gasteiger charge is -2.31. The van der Waals surface area contributed by atoms with Crippen LogP contribution in [0.1, 0.15) is 27.2 Å². The average molecular weight is 227 g/mol. The van der Waals surface area contributed by atoms with Crippen molar-refractivity contribution in [3.63, 3.8) is 0 Å². The van der Waals surface area contributed by atoms with Gasteiger partial charge in [-0.25, -0.2) is 4.79 Å². The molecule has 2 atom stereocenters. The predicted octanol–water partition coefficient (Wildman–Crippen LogP) is 0.964. The van der Waals surface area contributed by atoms with Crippen LogP contribution >= 0.6 is 0 Å². The van der Waals surface area contributed by atoms with Gasteiger partial charge in [0, 0.05) is 6.42 Å². The van der Waals surface area contributed by atoms with Crippen LogP contribution in [0.15, 0.2) is 0 Å². The molecule has 2 aliphatic heterocycles. The van der Waals surface area contributed by atoms with Gasteiger partial charge in [-0.1, -0.05) is 0 Å². The monoisotopic (exact) mass is 227 g/mol. The maximum atomic E-state index is 11.8. The van der Waals surface area contributed by atoms with Crippen LogP contribution in [-0.2, 0) is 14.3 Å². The van der Waals surface area contributed by atoms with Crippen LogP contribution in [0, 0.1) is 0 Å². The number of rotatable bonds is 1. The highest BCUT2D eigenvalue weighted by Crippen LogP contribution is 2.36. The van der Waals surface area contributed by atoms with Crippen molar-refractivity contribution >= 4 is 12.4 Å². The number of fused-ring (bicyclic) bond motifs is 2. The van der Waals surface area contributed by atoms with Crippen molar-refractivity contribution < 1.29 is 19.1 Å². The summed E-state index contributed by atoms with van der Waals surface area (Å²) in [4.78, 5) is 24.4. The second-order valence-corrected chi connectivity index (χ2v) is 5.46. The highest BCUT2D eigenvalue weighted by Gasteiger charge is 2.53. The molecule has 2 bridgehead atoms. The first kappa shape index (κ1) is 11.4. The largest absolute Gasteiger partial charge is 0.444 e. The summed E-state index contributed by atoms with van der Waals surface area (Å²) in [5.74, 6) is 0. The molecule has 0 unspecified atom stereocenters. The summed E-state index contributed by atoms with van der Waals surface area (Å²) in [5.41, 5.74) is -1.28. The Bertz CT molecular complexity index is 322. The molecule has 0 N–H and O–H groups in total. The number of hydrogen-bond donors (Lipinski definition) is 0.